The third-order valence-corrected chi connectivity index (χ3v) is 9.74. The molecule has 6 nitrogen and oxygen atoms in total. The molecule has 0 aliphatic rings. The summed E-state index contributed by atoms with van der Waals surface area (Å²) >= 11 is 0. The summed E-state index contributed by atoms with van der Waals surface area (Å²) < 4.78 is 167. The van der Waals surface area contributed by atoms with Crippen molar-refractivity contribution >= 4 is 29.5 Å². The summed E-state index contributed by atoms with van der Waals surface area (Å²) in [4.78, 5) is 0. The van der Waals surface area contributed by atoms with Crippen molar-refractivity contribution in [3.63, 3.8) is 0 Å². The van der Waals surface area contributed by atoms with Gasteiger partial charge in [0.1, 0.15) is 0 Å². The molecule has 0 spiro atoms. The van der Waals surface area contributed by atoms with Gasteiger partial charge in [-0.05, 0) is 0 Å². The van der Waals surface area contributed by atoms with Crippen LogP contribution in [0.2, 0.25) is 0 Å². The van der Waals surface area contributed by atoms with Gasteiger partial charge in [0, 0.05) is 0 Å². The van der Waals surface area contributed by atoms with Gasteiger partial charge in [-0.1, -0.05) is 0 Å². The average molecular weight is 468 g/mol. The van der Waals surface area contributed by atoms with Gasteiger partial charge in [-0.25, -0.2) is 25.3 Å². The number of alkyl halides is 9. The van der Waals surface area contributed by atoms with Crippen LogP contribution in [0.25, 0.3) is 0 Å². The Morgan fingerprint density at radius 3 is 0.696 bits per heavy atom. The number of hydrogen-bond donors (Lipinski definition) is 0. The van der Waals surface area contributed by atoms with E-state index in [-0.39, 0.29) is 17.1 Å². The molecule has 0 atom stereocenters. The minimum absolute atomic E-state index is 0. The van der Waals surface area contributed by atoms with Crippen LogP contribution < -0.4 is 0 Å². The molecule has 23 heavy (non-hydrogen) atoms. The fraction of sp³-hybridized carbons (Fsp3) is 1.00. The van der Waals surface area contributed by atoms with Gasteiger partial charge in [0.2, 0.25) is 0 Å². The molecule has 0 aromatic heterocycles. The summed E-state index contributed by atoms with van der Waals surface area (Å²) in [5.74, 6) is 0. The van der Waals surface area contributed by atoms with E-state index >= 15 is 0 Å². The number of rotatable bonds is 3. The van der Waals surface area contributed by atoms with Crippen molar-refractivity contribution in [1.82, 2.24) is 0 Å². The monoisotopic (exact) mass is 468 g/mol. The van der Waals surface area contributed by atoms with Crippen LogP contribution in [-0.4, -0.2) is 45.7 Å². The standard InChI is InChI=1S/C4HF9O6S3.Fe/c5-2(6,7)20(14,15)1(21(16,17)3(8,9)10)22(18,19)4(11,12)13;/h1H;/q;+2. The van der Waals surface area contributed by atoms with Gasteiger partial charge in [0.25, 0.3) is 33.4 Å². The fourth-order valence-electron chi connectivity index (χ4n) is 0.828. The summed E-state index contributed by atoms with van der Waals surface area (Å²) in [6.45, 7) is 0. The first-order valence-electron chi connectivity index (χ1n) is 4.02. The van der Waals surface area contributed by atoms with Crippen molar-refractivity contribution in [2.45, 2.75) is 20.4 Å². The Bertz CT molecular complexity index is 634. The molecule has 0 unspecified atom stereocenters. The molecule has 140 valence electrons. The zero-order valence-electron chi connectivity index (χ0n) is 9.51. The molecule has 0 aromatic rings. The Morgan fingerprint density at radius 1 is 0.478 bits per heavy atom. The topological polar surface area (TPSA) is 102 Å². The molecule has 0 saturated heterocycles. The van der Waals surface area contributed by atoms with Crippen LogP contribution in [0, 0.1) is 0 Å². The minimum atomic E-state index is -7.94. The third-order valence-electron chi connectivity index (χ3n) is 1.73. The van der Waals surface area contributed by atoms with Crippen LogP contribution in [0.3, 0.4) is 0 Å². The quantitative estimate of drug-likeness (QED) is 0.454. The Kier molecular flexibility index (Phi) is 6.77. The Hall–Kier alpha value is -0.261. The van der Waals surface area contributed by atoms with Crippen molar-refractivity contribution in [2.75, 3.05) is 0 Å². The molecule has 0 aromatic carbocycles. The molecule has 0 saturated carbocycles. The van der Waals surface area contributed by atoms with Crippen LogP contribution in [0.1, 0.15) is 0 Å². The largest absolute Gasteiger partial charge is 2.00 e. The molecule has 0 aliphatic carbocycles. The van der Waals surface area contributed by atoms with Crippen molar-refractivity contribution in [1.29, 1.82) is 0 Å². The van der Waals surface area contributed by atoms with E-state index in [1.54, 1.807) is 0 Å². The molecule has 0 heterocycles. The normalized spacial score (nSPS) is 15.4. The van der Waals surface area contributed by atoms with E-state index in [0.29, 0.717) is 0 Å². The Labute approximate surface area is 132 Å². The SMILES string of the molecule is O=S(=O)(C(S(=O)(=O)C(F)(F)F)S(=O)(=O)C(F)(F)F)C(F)(F)F.[Fe+2]. The molecular formula is C4HF9FeO6S3+2. The number of sulfone groups is 3. The fourth-order valence-corrected chi connectivity index (χ4v) is 7.45. The Morgan fingerprint density at radius 2 is 0.609 bits per heavy atom. The molecule has 0 radical (unpaired) electrons. The van der Waals surface area contributed by atoms with E-state index in [1.165, 1.54) is 0 Å². The van der Waals surface area contributed by atoms with E-state index in [1.807, 2.05) is 0 Å². The van der Waals surface area contributed by atoms with Crippen molar-refractivity contribution in [2.24, 2.45) is 0 Å². The number of halogens is 9. The van der Waals surface area contributed by atoms with Crippen LogP contribution in [-0.2, 0) is 46.6 Å². The predicted molar refractivity (Wildman–Crippen MR) is 48.7 cm³/mol. The van der Waals surface area contributed by atoms with E-state index in [4.69, 9.17) is 0 Å². The second-order valence-corrected chi connectivity index (χ2v) is 10.2. The van der Waals surface area contributed by atoms with Crippen molar-refractivity contribution < 1.29 is 81.8 Å². The van der Waals surface area contributed by atoms with Gasteiger partial charge in [0.05, 0.1) is 0 Å². The maximum Gasteiger partial charge on any atom is 2.00 e. The third kappa shape index (κ3) is 4.23. The summed E-state index contributed by atoms with van der Waals surface area (Å²) in [5, 5.41) is 0. The molecule has 0 rings (SSSR count). The molecule has 0 bridgehead atoms. The maximum atomic E-state index is 12.1. The maximum absolute atomic E-state index is 12.1. The van der Waals surface area contributed by atoms with Gasteiger partial charge >= 0.3 is 33.6 Å². The molecule has 0 fully saturated rings. The second-order valence-electron chi connectivity index (χ2n) is 3.26. The summed E-state index contributed by atoms with van der Waals surface area (Å²) in [6, 6.07) is 0. The van der Waals surface area contributed by atoms with Gasteiger partial charge in [0.15, 0.2) is 0 Å². The van der Waals surface area contributed by atoms with Gasteiger partial charge in [-0.3, -0.25) is 0 Å². The summed E-state index contributed by atoms with van der Waals surface area (Å²) in [7, 11) is -23.8. The zero-order chi connectivity index (χ0) is 18.6. The Balaban J connectivity index is 0. The van der Waals surface area contributed by atoms with E-state index in [9.17, 15) is 64.8 Å². The van der Waals surface area contributed by atoms with E-state index in [2.05, 4.69) is 0 Å². The first kappa shape index (κ1) is 25.0. The van der Waals surface area contributed by atoms with E-state index < -0.39 is 50.0 Å². The first-order valence-corrected chi connectivity index (χ1v) is 8.66. The van der Waals surface area contributed by atoms with E-state index in [0.717, 1.165) is 0 Å². The second kappa shape index (κ2) is 6.23. The van der Waals surface area contributed by atoms with Crippen LogP contribution in [0.5, 0.6) is 0 Å². The van der Waals surface area contributed by atoms with Crippen LogP contribution >= 0.6 is 0 Å². The van der Waals surface area contributed by atoms with Crippen molar-refractivity contribution in [3.05, 3.63) is 0 Å². The van der Waals surface area contributed by atoms with Gasteiger partial charge < -0.3 is 0 Å². The van der Waals surface area contributed by atoms with Crippen LogP contribution in [0.15, 0.2) is 0 Å². The van der Waals surface area contributed by atoms with Crippen LogP contribution in [0.4, 0.5) is 39.5 Å². The summed E-state index contributed by atoms with van der Waals surface area (Å²) in [6.07, 6.45) is 0. The molecular weight excluding hydrogens is 467 g/mol. The smallest absolute Gasteiger partial charge is 0.217 e. The molecule has 0 N–H and O–H groups in total. The zero-order valence-corrected chi connectivity index (χ0v) is 13.1. The minimum Gasteiger partial charge on any atom is -0.217 e. The number of hydrogen-bond acceptors (Lipinski definition) is 6. The molecule has 0 aliphatic heterocycles. The molecule has 19 heteroatoms. The average Bonchev–Trinajstić information content (AvgIpc) is 2.09. The van der Waals surface area contributed by atoms with Crippen molar-refractivity contribution in [3.8, 4) is 0 Å². The molecule has 0 amide bonds. The predicted octanol–water partition coefficient (Wildman–Crippen LogP) is 1.07. The van der Waals surface area contributed by atoms with Gasteiger partial charge in [-0.2, -0.15) is 39.5 Å². The van der Waals surface area contributed by atoms with Gasteiger partial charge in [-0.15, -0.1) is 0 Å². The first-order chi connectivity index (χ1) is 9.12. The summed E-state index contributed by atoms with van der Waals surface area (Å²) in [5.41, 5.74) is -21.1.